The summed E-state index contributed by atoms with van der Waals surface area (Å²) in [6.45, 7) is 19.2. The van der Waals surface area contributed by atoms with Crippen LogP contribution in [0.5, 0.6) is 0 Å². The van der Waals surface area contributed by atoms with Crippen LogP contribution in [0.4, 0.5) is 0 Å². The van der Waals surface area contributed by atoms with E-state index in [-0.39, 0.29) is 0 Å². The molecule has 0 aromatic carbocycles. The number of hydrogen-bond acceptors (Lipinski definition) is 1. The van der Waals surface area contributed by atoms with Crippen LogP contribution in [0.15, 0.2) is 0 Å². The summed E-state index contributed by atoms with van der Waals surface area (Å²) in [5, 5.41) is 0.330. The van der Waals surface area contributed by atoms with Crippen molar-refractivity contribution in [3.63, 3.8) is 0 Å². The standard InChI is InChI=1S/C12H28OSi/c1-9-12(5,6)10-13-14(7,8)11(2,3)4/h9-10H2,1-8H3. The van der Waals surface area contributed by atoms with Crippen molar-refractivity contribution in [2.45, 2.75) is 66.1 Å². The van der Waals surface area contributed by atoms with Crippen molar-refractivity contribution in [2.24, 2.45) is 5.41 Å². The summed E-state index contributed by atoms with van der Waals surface area (Å²) < 4.78 is 6.19. The molecule has 0 aliphatic heterocycles. The van der Waals surface area contributed by atoms with Crippen LogP contribution in [0.2, 0.25) is 18.1 Å². The van der Waals surface area contributed by atoms with E-state index in [2.05, 4.69) is 54.6 Å². The quantitative estimate of drug-likeness (QED) is 0.631. The lowest BCUT2D eigenvalue weighted by atomic mass is 9.92. The van der Waals surface area contributed by atoms with Gasteiger partial charge in [-0.05, 0) is 30.0 Å². The third kappa shape index (κ3) is 4.14. The molecule has 0 radical (unpaired) electrons. The van der Waals surface area contributed by atoms with Crippen molar-refractivity contribution in [1.29, 1.82) is 0 Å². The van der Waals surface area contributed by atoms with Crippen LogP contribution in [0.3, 0.4) is 0 Å². The lowest BCUT2D eigenvalue weighted by Crippen LogP contribution is -2.43. The van der Waals surface area contributed by atoms with Crippen molar-refractivity contribution in [3.8, 4) is 0 Å². The Balaban J connectivity index is 4.27. The summed E-state index contributed by atoms with van der Waals surface area (Å²) in [5.74, 6) is 0. The zero-order valence-corrected chi connectivity index (χ0v) is 12.3. The van der Waals surface area contributed by atoms with Gasteiger partial charge < -0.3 is 4.43 Å². The zero-order valence-electron chi connectivity index (χ0n) is 11.3. The fourth-order valence-corrected chi connectivity index (χ4v) is 1.88. The lowest BCUT2D eigenvalue weighted by molar-refractivity contribution is 0.161. The summed E-state index contributed by atoms with van der Waals surface area (Å²) in [6, 6.07) is 0. The molecule has 0 spiro atoms. The molecule has 0 aliphatic carbocycles. The molecular formula is C12H28OSi. The first-order valence-corrected chi connectivity index (χ1v) is 8.57. The van der Waals surface area contributed by atoms with Crippen LogP contribution in [-0.4, -0.2) is 14.9 Å². The molecule has 0 N–H and O–H groups in total. The van der Waals surface area contributed by atoms with E-state index in [4.69, 9.17) is 4.43 Å². The molecule has 86 valence electrons. The Morgan fingerprint density at radius 1 is 1.00 bits per heavy atom. The molecular weight excluding hydrogens is 188 g/mol. The molecule has 2 heteroatoms. The van der Waals surface area contributed by atoms with Gasteiger partial charge in [-0.2, -0.15) is 0 Å². The van der Waals surface area contributed by atoms with E-state index in [9.17, 15) is 0 Å². The molecule has 0 heterocycles. The highest BCUT2D eigenvalue weighted by Crippen LogP contribution is 2.37. The molecule has 1 nitrogen and oxygen atoms in total. The van der Waals surface area contributed by atoms with Crippen molar-refractivity contribution in [1.82, 2.24) is 0 Å². The van der Waals surface area contributed by atoms with Gasteiger partial charge in [-0.1, -0.05) is 41.5 Å². The summed E-state index contributed by atoms with van der Waals surface area (Å²) >= 11 is 0. The number of hydrogen-bond donors (Lipinski definition) is 0. The van der Waals surface area contributed by atoms with Gasteiger partial charge in [0, 0.05) is 6.61 Å². The molecule has 0 atom stereocenters. The molecule has 0 amide bonds. The molecule has 0 rings (SSSR count). The predicted octanol–water partition coefficient (Wildman–Crippen LogP) is 4.44. The van der Waals surface area contributed by atoms with E-state index in [1.165, 1.54) is 6.42 Å². The highest BCUT2D eigenvalue weighted by molar-refractivity contribution is 6.74. The smallest absolute Gasteiger partial charge is 0.192 e. The van der Waals surface area contributed by atoms with Crippen molar-refractivity contribution < 1.29 is 4.43 Å². The van der Waals surface area contributed by atoms with E-state index in [0.717, 1.165) is 6.61 Å². The maximum Gasteiger partial charge on any atom is 0.192 e. The Morgan fingerprint density at radius 2 is 1.43 bits per heavy atom. The second kappa shape index (κ2) is 4.36. The molecule has 0 aromatic heterocycles. The van der Waals surface area contributed by atoms with Crippen LogP contribution in [-0.2, 0) is 4.43 Å². The minimum Gasteiger partial charge on any atom is -0.416 e. The Kier molecular flexibility index (Phi) is 4.41. The van der Waals surface area contributed by atoms with Crippen molar-refractivity contribution in [3.05, 3.63) is 0 Å². The van der Waals surface area contributed by atoms with E-state index >= 15 is 0 Å². The van der Waals surface area contributed by atoms with Crippen LogP contribution >= 0.6 is 0 Å². The third-order valence-electron chi connectivity index (χ3n) is 3.59. The predicted molar refractivity (Wildman–Crippen MR) is 67.2 cm³/mol. The van der Waals surface area contributed by atoms with Gasteiger partial charge in [0.15, 0.2) is 8.32 Å². The highest BCUT2D eigenvalue weighted by Gasteiger charge is 2.38. The molecule has 0 aromatic rings. The van der Waals surface area contributed by atoms with Gasteiger partial charge in [0.2, 0.25) is 0 Å². The summed E-state index contributed by atoms with van der Waals surface area (Å²) in [5.41, 5.74) is 0.329. The van der Waals surface area contributed by atoms with Crippen LogP contribution in [0.1, 0.15) is 48.0 Å². The molecule has 0 fully saturated rings. The average molecular weight is 216 g/mol. The van der Waals surface area contributed by atoms with Gasteiger partial charge in [-0.15, -0.1) is 0 Å². The zero-order chi connectivity index (χ0) is 11.6. The fraction of sp³-hybridized carbons (Fsp3) is 1.00. The molecule has 0 bridgehead atoms. The molecule has 14 heavy (non-hydrogen) atoms. The second-order valence-corrected chi connectivity index (χ2v) is 11.4. The Bertz CT molecular complexity index is 177. The second-order valence-electron chi connectivity index (χ2n) is 6.57. The monoisotopic (exact) mass is 216 g/mol. The summed E-state index contributed by atoms with van der Waals surface area (Å²) in [7, 11) is -1.53. The minimum absolute atomic E-state index is 0.329. The lowest BCUT2D eigenvalue weighted by Gasteiger charge is -2.38. The normalized spacial score (nSPS) is 14.6. The van der Waals surface area contributed by atoms with E-state index in [1.807, 2.05) is 0 Å². The van der Waals surface area contributed by atoms with E-state index < -0.39 is 8.32 Å². The number of rotatable bonds is 4. The van der Waals surface area contributed by atoms with Crippen LogP contribution in [0.25, 0.3) is 0 Å². The van der Waals surface area contributed by atoms with Gasteiger partial charge in [0.05, 0.1) is 0 Å². The average Bonchev–Trinajstić information content (AvgIpc) is 1.99. The van der Waals surface area contributed by atoms with E-state index in [1.54, 1.807) is 0 Å². The van der Waals surface area contributed by atoms with Crippen LogP contribution < -0.4 is 0 Å². The Labute approximate surface area is 91.4 Å². The van der Waals surface area contributed by atoms with Crippen molar-refractivity contribution in [2.75, 3.05) is 6.61 Å². The molecule has 0 saturated carbocycles. The van der Waals surface area contributed by atoms with E-state index in [0.29, 0.717) is 10.5 Å². The highest BCUT2D eigenvalue weighted by atomic mass is 28.4. The summed E-state index contributed by atoms with van der Waals surface area (Å²) in [6.07, 6.45) is 1.18. The third-order valence-corrected chi connectivity index (χ3v) is 8.07. The SMILES string of the molecule is CCC(C)(C)CO[Si](C)(C)C(C)(C)C. The first kappa shape index (κ1) is 14.2. The van der Waals surface area contributed by atoms with Gasteiger partial charge in [0.25, 0.3) is 0 Å². The fourth-order valence-electron chi connectivity index (χ4n) is 0.694. The maximum absolute atomic E-state index is 6.19. The topological polar surface area (TPSA) is 9.23 Å². The van der Waals surface area contributed by atoms with Crippen LogP contribution in [0, 0.1) is 5.41 Å². The first-order valence-electron chi connectivity index (χ1n) is 5.66. The van der Waals surface area contributed by atoms with Gasteiger partial charge in [0.1, 0.15) is 0 Å². The molecule has 0 unspecified atom stereocenters. The first-order chi connectivity index (χ1) is 6.02. The van der Waals surface area contributed by atoms with Crippen molar-refractivity contribution >= 4 is 8.32 Å². The van der Waals surface area contributed by atoms with Gasteiger partial charge >= 0.3 is 0 Å². The maximum atomic E-state index is 6.19. The molecule has 0 aliphatic rings. The Hall–Kier alpha value is 0.177. The van der Waals surface area contributed by atoms with Gasteiger partial charge in [-0.3, -0.25) is 0 Å². The largest absolute Gasteiger partial charge is 0.416 e. The molecule has 0 saturated heterocycles. The Morgan fingerprint density at radius 3 is 1.71 bits per heavy atom. The summed E-state index contributed by atoms with van der Waals surface area (Å²) in [4.78, 5) is 0. The van der Waals surface area contributed by atoms with Gasteiger partial charge in [-0.25, -0.2) is 0 Å². The minimum atomic E-state index is -1.53.